The molecule has 34 heavy (non-hydrogen) atoms. The number of hydrogen-bond donors (Lipinski definition) is 1. The molecule has 2 aliphatic rings. The molecule has 0 saturated carbocycles. The van der Waals surface area contributed by atoms with Crippen LogP contribution in [0.1, 0.15) is 35.5 Å². The number of sulfonamides is 1. The van der Waals surface area contributed by atoms with Crippen LogP contribution in [-0.2, 0) is 14.8 Å². The van der Waals surface area contributed by atoms with E-state index < -0.39 is 10.0 Å². The van der Waals surface area contributed by atoms with Gasteiger partial charge in [0.15, 0.2) is 11.5 Å². The van der Waals surface area contributed by atoms with Crippen LogP contribution >= 0.6 is 0 Å². The molecule has 9 nitrogen and oxygen atoms in total. The van der Waals surface area contributed by atoms with Crippen LogP contribution in [0.25, 0.3) is 11.1 Å². The lowest BCUT2D eigenvalue weighted by Gasteiger charge is -2.31. The Hall–Kier alpha value is -2.95. The van der Waals surface area contributed by atoms with Gasteiger partial charge in [0.2, 0.25) is 10.0 Å². The molecule has 5 rings (SSSR count). The summed E-state index contributed by atoms with van der Waals surface area (Å²) in [5.41, 5.74) is 2.85. The zero-order valence-electron chi connectivity index (χ0n) is 19.1. The molecule has 10 heteroatoms. The first kappa shape index (κ1) is 22.8. The summed E-state index contributed by atoms with van der Waals surface area (Å²) in [6, 6.07) is 10.1. The van der Waals surface area contributed by atoms with Crippen molar-refractivity contribution in [3.8, 4) is 0 Å². The second-order valence-electron chi connectivity index (χ2n) is 8.61. The van der Waals surface area contributed by atoms with Crippen LogP contribution in [0.4, 0.5) is 11.4 Å². The van der Waals surface area contributed by atoms with E-state index in [0.717, 1.165) is 19.3 Å². The number of fused-ring (bicyclic) bond motifs is 1. The van der Waals surface area contributed by atoms with Crippen molar-refractivity contribution < 1.29 is 22.4 Å². The van der Waals surface area contributed by atoms with E-state index in [1.807, 2.05) is 0 Å². The Kier molecular flexibility index (Phi) is 6.28. The van der Waals surface area contributed by atoms with Crippen LogP contribution in [0.15, 0.2) is 45.7 Å². The van der Waals surface area contributed by atoms with Gasteiger partial charge in [-0.25, -0.2) is 13.4 Å². The molecule has 3 aromatic rings. The van der Waals surface area contributed by atoms with Crippen LogP contribution in [0.2, 0.25) is 0 Å². The number of rotatable bonds is 5. The van der Waals surface area contributed by atoms with Crippen molar-refractivity contribution in [2.24, 2.45) is 0 Å². The van der Waals surface area contributed by atoms with Crippen molar-refractivity contribution in [1.82, 2.24) is 9.29 Å². The Balaban J connectivity index is 1.50. The van der Waals surface area contributed by atoms with E-state index in [4.69, 9.17) is 9.15 Å². The standard InChI is InChI=1S/C24H28N4O5S/c1-17-25-21-15-18(5-8-23(21)33-17)26-24(29)20-16-19(34(30,31)28-9-3-2-4-10-28)6-7-22(20)27-11-13-32-14-12-27/h5-8,15-16H,2-4,9-14H2,1H3,(H,26,29). The lowest BCUT2D eigenvalue weighted by molar-refractivity contribution is 0.102. The van der Waals surface area contributed by atoms with Crippen LogP contribution in [0, 0.1) is 6.92 Å². The maximum Gasteiger partial charge on any atom is 0.257 e. The molecule has 1 amide bonds. The number of morpholine rings is 1. The highest BCUT2D eigenvalue weighted by molar-refractivity contribution is 7.89. The van der Waals surface area contributed by atoms with Gasteiger partial charge in [-0.1, -0.05) is 6.42 Å². The molecular formula is C24H28N4O5S. The maximum atomic E-state index is 13.5. The quantitative estimate of drug-likeness (QED) is 0.592. The minimum absolute atomic E-state index is 0.138. The number of anilines is 2. The second-order valence-corrected chi connectivity index (χ2v) is 10.6. The fourth-order valence-electron chi connectivity index (χ4n) is 4.51. The van der Waals surface area contributed by atoms with Crippen molar-refractivity contribution >= 4 is 38.4 Å². The van der Waals surface area contributed by atoms with E-state index in [2.05, 4.69) is 15.2 Å². The zero-order chi connectivity index (χ0) is 23.7. The highest BCUT2D eigenvalue weighted by Gasteiger charge is 2.28. The van der Waals surface area contributed by atoms with Gasteiger partial charge in [-0.2, -0.15) is 4.31 Å². The van der Waals surface area contributed by atoms with Gasteiger partial charge >= 0.3 is 0 Å². The number of amides is 1. The Bertz CT molecular complexity index is 1310. The minimum Gasteiger partial charge on any atom is -0.441 e. The molecule has 0 aliphatic carbocycles. The monoisotopic (exact) mass is 484 g/mol. The first-order valence-corrected chi connectivity index (χ1v) is 13.0. The number of ether oxygens (including phenoxy) is 1. The topological polar surface area (TPSA) is 105 Å². The van der Waals surface area contributed by atoms with Crippen LogP contribution in [0.5, 0.6) is 0 Å². The van der Waals surface area contributed by atoms with Gasteiger partial charge in [-0.05, 0) is 49.2 Å². The average molecular weight is 485 g/mol. The number of piperidine rings is 1. The normalized spacial score (nSPS) is 17.7. The predicted octanol–water partition coefficient (Wildman–Crippen LogP) is 3.40. The van der Waals surface area contributed by atoms with Gasteiger partial charge < -0.3 is 19.4 Å². The third-order valence-electron chi connectivity index (χ3n) is 6.27. The van der Waals surface area contributed by atoms with Crippen LogP contribution in [-0.4, -0.2) is 63.0 Å². The number of carbonyl (C=O) groups excluding carboxylic acids is 1. The summed E-state index contributed by atoms with van der Waals surface area (Å²) < 4.78 is 39.1. The van der Waals surface area contributed by atoms with E-state index in [0.29, 0.717) is 73.3 Å². The van der Waals surface area contributed by atoms with E-state index in [1.54, 1.807) is 37.3 Å². The molecule has 0 spiro atoms. The molecule has 2 aliphatic heterocycles. The summed E-state index contributed by atoms with van der Waals surface area (Å²) in [5.74, 6) is 0.167. The number of nitrogens with one attached hydrogen (secondary N) is 1. The molecule has 2 aromatic carbocycles. The van der Waals surface area contributed by atoms with Crippen LogP contribution in [0.3, 0.4) is 0 Å². The Morgan fingerprint density at radius 1 is 1.00 bits per heavy atom. The third-order valence-corrected chi connectivity index (χ3v) is 8.16. The summed E-state index contributed by atoms with van der Waals surface area (Å²) in [6.45, 7) is 5.14. The molecule has 1 N–H and O–H groups in total. The maximum absolute atomic E-state index is 13.5. The summed E-state index contributed by atoms with van der Waals surface area (Å²) in [5, 5.41) is 2.91. The Labute approximate surface area is 198 Å². The number of aryl methyl sites for hydroxylation is 1. The predicted molar refractivity (Wildman–Crippen MR) is 129 cm³/mol. The molecule has 180 valence electrons. The molecule has 1 aromatic heterocycles. The number of carbonyl (C=O) groups is 1. The smallest absolute Gasteiger partial charge is 0.257 e. The van der Waals surface area contributed by atoms with Gasteiger partial charge in [0, 0.05) is 44.5 Å². The number of benzene rings is 2. The van der Waals surface area contributed by atoms with Gasteiger partial charge in [-0.15, -0.1) is 0 Å². The fraction of sp³-hybridized carbons (Fsp3) is 0.417. The second kappa shape index (κ2) is 9.36. The molecule has 0 unspecified atom stereocenters. The highest BCUT2D eigenvalue weighted by Crippen LogP contribution is 2.29. The van der Waals surface area contributed by atoms with Gasteiger partial charge in [0.25, 0.3) is 5.91 Å². The number of hydrogen-bond acceptors (Lipinski definition) is 7. The molecule has 2 fully saturated rings. The molecule has 0 bridgehead atoms. The molecular weight excluding hydrogens is 456 g/mol. The summed E-state index contributed by atoms with van der Waals surface area (Å²) in [6.07, 6.45) is 2.73. The van der Waals surface area contributed by atoms with Crippen molar-refractivity contribution in [3.05, 3.63) is 47.9 Å². The van der Waals surface area contributed by atoms with Gasteiger partial charge in [0.1, 0.15) is 5.52 Å². The van der Waals surface area contributed by atoms with E-state index >= 15 is 0 Å². The Morgan fingerprint density at radius 2 is 1.76 bits per heavy atom. The van der Waals surface area contributed by atoms with Crippen molar-refractivity contribution in [2.75, 3.05) is 49.6 Å². The molecule has 0 radical (unpaired) electrons. The Morgan fingerprint density at radius 3 is 2.53 bits per heavy atom. The van der Waals surface area contributed by atoms with Crippen molar-refractivity contribution in [3.63, 3.8) is 0 Å². The lowest BCUT2D eigenvalue weighted by Crippen LogP contribution is -2.38. The third kappa shape index (κ3) is 4.53. The summed E-state index contributed by atoms with van der Waals surface area (Å²) in [4.78, 5) is 20.0. The number of aromatic nitrogens is 1. The average Bonchev–Trinajstić information content (AvgIpc) is 3.24. The van der Waals surface area contributed by atoms with Crippen molar-refractivity contribution in [1.29, 1.82) is 0 Å². The van der Waals surface area contributed by atoms with Gasteiger partial charge in [-0.3, -0.25) is 4.79 Å². The first-order valence-electron chi connectivity index (χ1n) is 11.6. The largest absolute Gasteiger partial charge is 0.441 e. The van der Waals surface area contributed by atoms with E-state index in [-0.39, 0.29) is 10.8 Å². The van der Waals surface area contributed by atoms with E-state index in [9.17, 15) is 13.2 Å². The summed E-state index contributed by atoms with van der Waals surface area (Å²) in [7, 11) is -3.68. The zero-order valence-corrected chi connectivity index (χ0v) is 19.9. The first-order chi connectivity index (χ1) is 16.4. The number of oxazole rings is 1. The number of nitrogens with zero attached hydrogens (tertiary/aromatic N) is 3. The molecule has 2 saturated heterocycles. The summed E-state index contributed by atoms with van der Waals surface area (Å²) >= 11 is 0. The lowest BCUT2D eigenvalue weighted by atomic mass is 10.1. The van der Waals surface area contributed by atoms with Crippen molar-refractivity contribution in [2.45, 2.75) is 31.1 Å². The molecule has 3 heterocycles. The molecule has 0 atom stereocenters. The fourth-order valence-corrected chi connectivity index (χ4v) is 6.05. The van der Waals surface area contributed by atoms with Gasteiger partial charge in [0.05, 0.1) is 23.7 Å². The highest BCUT2D eigenvalue weighted by atomic mass is 32.2. The van der Waals surface area contributed by atoms with Crippen LogP contribution < -0.4 is 10.2 Å². The minimum atomic E-state index is -3.68. The van der Waals surface area contributed by atoms with E-state index in [1.165, 1.54) is 10.4 Å². The SMILES string of the molecule is Cc1nc2cc(NC(=O)c3cc(S(=O)(=O)N4CCCCC4)ccc3N3CCOCC3)ccc2o1.